The van der Waals surface area contributed by atoms with Crippen molar-refractivity contribution in [2.75, 3.05) is 13.2 Å². The Labute approximate surface area is 319 Å². The van der Waals surface area contributed by atoms with E-state index in [0.717, 1.165) is 6.92 Å². The summed E-state index contributed by atoms with van der Waals surface area (Å²) in [6.45, 7) is 3.47. The molecule has 0 aromatic rings. The van der Waals surface area contributed by atoms with E-state index in [1.165, 1.54) is 20.8 Å². The second kappa shape index (κ2) is 18.9. The first-order valence-corrected chi connectivity index (χ1v) is 18.2. The normalized spacial score (nSPS) is 53.1. The fourth-order valence-electron chi connectivity index (χ4n) is 7.23. The van der Waals surface area contributed by atoms with Crippen LogP contribution >= 0.6 is 0 Å². The molecular formula is C32H55NO23. The molecule has 0 aliphatic carbocycles. The fourth-order valence-corrected chi connectivity index (χ4v) is 7.23. The molecule has 5 heterocycles. The number of hydrogen-bond acceptors (Lipinski definition) is 23. The van der Waals surface area contributed by atoms with Gasteiger partial charge < -0.3 is 114 Å². The maximum atomic E-state index is 12.3. The maximum absolute atomic E-state index is 12.3. The topological polar surface area (TPSA) is 375 Å². The van der Waals surface area contributed by atoms with Gasteiger partial charge in [0.05, 0.1) is 31.5 Å². The molecule has 326 valence electrons. The Morgan fingerprint density at radius 1 is 0.464 bits per heavy atom. The van der Waals surface area contributed by atoms with E-state index >= 15 is 0 Å². The van der Waals surface area contributed by atoms with Gasteiger partial charge in [0, 0.05) is 6.92 Å². The van der Waals surface area contributed by atoms with E-state index in [4.69, 9.17) is 42.6 Å². The number of carbonyl (C=O) groups is 1. The highest BCUT2D eigenvalue weighted by Gasteiger charge is 2.56. The summed E-state index contributed by atoms with van der Waals surface area (Å²) in [5, 5.41) is 140. The van der Waals surface area contributed by atoms with Crippen LogP contribution in [0.15, 0.2) is 0 Å². The smallest absolute Gasteiger partial charge is 0.217 e. The third-order valence-electron chi connectivity index (χ3n) is 10.6. The van der Waals surface area contributed by atoms with Crippen LogP contribution in [0, 0.1) is 0 Å². The van der Waals surface area contributed by atoms with Crippen molar-refractivity contribution in [2.45, 2.75) is 181 Å². The summed E-state index contributed by atoms with van der Waals surface area (Å²) in [6.07, 6.45) is -40.1. The standard InChI is InChI=1S/C32H55NO23/c1-7-14(37)18(41)21(44)29(48-7)56-27-20(43)15(38)8(2)50-32(27)55-26-16(39)9(3)49-31(23(26)46)54-25-13(33-10(4)36)28(47)51-12(6-35)24(25)53-30-22(45)19(42)17(40)11(5-34)52-30/h7-9,11-32,34-35,37-47H,5-6H2,1-4H3,(H,33,36)/t7-,8-,9-,11+,12+,13+,14-,15-,16-,17+,18+,19-,20+,21+,22+,23+,24+,25+,26+,27+,28+,29-,30+,31-,32-/m0/s1. The predicted octanol–water partition coefficient (Wildman–Crippen LogP) is -8.70. The van der Waals surface area contributed by atoms with Crippen LogP contribution < -0.4 is 5.32 Å². The van der Waals surface area contributed by atoms with Crippen LogP contribution in [0.2, 0.25) is 0 Å². The van der Waals surface area contributed by atoms with Gasteiger partial charge in [-0.05, 0) is 20.8 Å². The monoisotopic (exact) mass is 821 g/mol. The molecule has 5 rings (SSSR count). The van der Waals surface area contributed by atoms with Crippen molar-refractivity contribution in [3.8, 4) is 0 Å². The Morgan fingerprint density at radius 3 is 1.48 bits per heavy atom. The number of ether oxygens (including phenoxy) is 9. The molecule has 24 heteroatoms. The van der Waals surface area contributed by atoms with Gasteiger partial charge in [0.1, 0.15) is 104 Å². The minimum Gasteiger partial charge on any atom is -0.394 e. The lowest BCUT2D eigenvalue weighted by atomic mass is 9.94. The minimum atomic E-state index is -2.02. The lowest BCUT2D eigenvalue weighted by molar-refractivity contribution is -0.393. The molecule has 1 amide bonds. The molecule has 24 nitrogen and oxygen atoms in total. The fraction of sp³-hybridized carbons (Fsp3) is 0.969. The highest BCUT2D eigenvalue weighted by molar-refractivity contribution is 5.73. The Hall–Kier alpha value is -1.41. The van der Waals surface area contributed by atoms with Crippen LogP contribution in [0.25, 0.3) is 0 Å². The first-order chi connectivity index (χ1) is 26.3. The van der Waals surface area contributed by atoms with Crippen LogP contribution in [0.1, 0.15) is 27.7 Å². The highest BCUT2D eigenvalue weighted by Crippen LogP contribution is 2.36. The second-order valence-electron chi connectivity index (χ2n) is 14.6. The Balaban J connectivity index is 1.42. The number of aliphatic hydroxyl groups is 13. The van der Waals surface area contributed by atoms with E-state index < -0.39 is 173 Å². The van der Waals surface area contributed by atoms with E-state index in [2.05, 4.69) is 5.32 Å². The predicted molar refractivity (Wildman–Crippen MR) is 174 cm³/mol. The van der Waals surface area contributed by atoms with E-state index in [-0.39, 0.29) is 0 Å². The van der Waals surface area contributed by atoms with E-state index in [1.54, 1.807) is 0 Å². The van der Waals surface area contributed by atoms with Gasteiger partial charge in [-0.15, -0.1) is 0 Å². The Morgan fingerprint density at radius 2 is 0.911 bits per heavy atom. The number of nitrogens with one attached hydrogen (secondary N) is 1. The van der Waals surface area contributed by atoms with Crippen molar-refractivity contribution in [3.63, 3.8) is 0 Å². The highest BCUT2D eigenvalue weighted by atomic mass is 16.8. The molecule has 0 aromatic heterocycles. The SMILES string of the molecule is CC(=O)N[C@@H]1[C@@H](O[C@@H]2O[C@@H](C)[C@H](O)[C@@H](O[C@@H]3O[C@@H](C)[C@H](O)[C@@H](O)[C@H]3O[C@@H]3O[C@@H](C)[C@H](O)[C@@H](O)[C@H]3O)[C@H]2O)[C@H](O[C@H]2O[C@H](CO)[C@@H](O)[C@H](O)[C@H]2O)[C@@H](CO)O[C@H]1O. The summed E-state index contributed by atoms with van der Waals surface area (Å²) in [5.74, 6) is -0.728. The van der Waals surface area contributed by atoms with Gasteiger partial charge in [-0.2, -0.15) is 0 Å². The summed E-state index contributed by atoms with van der Waals surface area (Å²) in [7, 11) is 0. The molecule has 5 aliphatic rings. The average molecular weight is 822 g/mol. The minimum absolute atomic E-state index is 0.728. The van der Waals surface area contributed by atoms with Crippen molar-refractivity contribution < 1.29 is 114 Å². The molecular weight excluding hydrogens is 766 g/mol. The molecule has 0 spiro atoms. The van der Waals surface area contributed by atoms with Crippen LogP contribution in [-0.4, -0.2) is 239 Å². The van der Waals surface area contributed by atoms with Gasteiger partial charge in [-0.1, -0.05) is 0 Å². The molecule has 0 aromatic carbocycles. The molecule has 25 atom stereocenters. The van der Waals surface area contributed by atoms with Gasteiger partial charge >= 0.3 is 0 Å². The largest absolute Gasteiger partial charge is 0.394 e. The number of amides is 1. The zero-order chi connectivity index (χ0) is 41.5. The molecule has 0 bridgehead atoms. The molecule has 0 saturated carbocycles. The molecule has 14 N–H and O–H groups in total. The first-order valence-electron chi connectivity index (χ1n) is 18.2. The van der Waals surface area contributed by atoms with E-state index in [9.17, 15) is 71.2 Å². The van der Waals surface area contributed by atoms with Gasteiger partial charge in [-0.25, -0.2) is 0 Å². The number of rotatable bonds is 11. The molecule has 0 unspecified atom stereocenters. The molecule has 5 fully saturated rings. The zero-order valence-corrected chi connectivity index (χ0v) is 30.7. The third kappa shape index (κ3) is 9.31. The van der Waals surface area contributed by atoms with Gasteiger partial charge in [0.25, 0.3) is 0 Å². The maximum Gasteiger partial charge on any atom is 0.217 e. The number of carbonyl (C=O) groups excluding carboxylic acids is 1. The third-order valence-corrected chi connectivity index (χ3v) is 10.6. The van der Waals surface area contributed by atoms with Gasteiger partial charge in [-0.3, -0.25) is 4.79 Å². The number of aliphatic hydroxyl groups excluding tert-OH is 13. The molecule has 0 radical (unpaired) electrons. The van der Waals surface area contributed by atoms with Crippen molar-refractivity contribution in [1.29, 1.82) is 0 Å². The number of hydrogen-bond donors (Lipinski definition) is 14. The summed E-state index contributed by atoms with van der Waals surface area (Å²) >= 11 is 0. The van der Waals surface area contributed by atoms with Crippen LogP contribution in [0.5, 0.6) is 0 Å². The van der Waals surface area contributed by atoms with E-state index in [0.29, 0.717) is 0 Å². The van der Waals surface area contributed by atoms with Gasteiger partial charge in [0.15, 0.2) is 31.5 Å². The zero-order valence-electron chi connectivity index (χ0n) is 30.7. The van der Waals surface area contributed by atoms with Crippen molar-refractivity contribution in [2.24, 2.45) is 0 Å². The Kier molecular flexibility index (Phi) is 15.4. The van der Waals surface area contributed by atoms with Crippen LogP contribution in [0.4, 0.5) is 0 Å². The average Bonchev–Trinajstić information content (AvgIpc) is 3.15. The van der Waals surface area contributed by atoms with Crippen LogP contribution in [0.3, 0.4) is 0 Å². The summed E-state index contributed by atoms with van der Waals surface area (Å²) < 4.78 is 51.7. The van der Waals surface area contributed by atoms with E-state index in [1.807, 2.05) is 0 Å². The van der Waals surface area contributed by atoms with Gasteiger partial charge in [0.2, 0.25) is 5.91 Å². The quantitative estimate of drug-likeness (QED) is 0.0920. The second-order valence-corrected chi connectivity index (χ2v) is 14.6. The van der Waals surface area contributed by atoms with Crippen molar-refractivity contribution >= 4 is 5.91 Å². The summed E-state index contributed by atoms with van der Waals surface area (Å²) in [4.78, 5) is 12.3. The lowest BCUT2D eigenvalue weighted by Gasteiger charge is -2.50. The molecule has 5 aliphatic heterocycles. The van der Waals surface area contributed by atoms with Crippen LogP contribution in [-0.2, 0) is 47.4 Å². The molecule has 56 heavy (non-hydrogen) atoms. The first kappa shape index (κ1) is 45.7. The summed E-state index contributed by atoms with van der Waals surface area (Å²) in [5.41, 5.74) is 0. The van der Waals surface area contributed by atoms with Crippen molar-refractivity contribution in [3.05, 3.63) is 0 Å². The summed E-state index contributed by atoms with van der Waals surface area (Å²) in [6, 6.07) is -1.57. The molecule has 5 saturated heterocycles. The Bertz CT molecular complexity index is 1270. The van der Waals surface area contributed by atoms with Crippen molar-refractivity contribution in [1.82, 2.24) is 5.32 Å². The lowest BCUT2D eigenvalue weighted by Crippen LogP contribution is -2.70.